The smallest absolute Gasteiger partial charge is 0.191 e. The molecule has 1 aliphatic heterocycles. The number of aryl methyl sites for hydroxylation is 1. The average Bonchev–Trinajstić information content (AvgIpc) is 3.46. The Hall–Kier alpha value is -2.32. The van der Waals surface area contributed by atoms with E-state index in [9.17, 15) is 0 Å². The van der Waals surface area contributed by atoms with E-state index in [2.05, 4.69) is 51.0 Å². The molecule has 0 spiro atoms. The zero-order chi connectivity index (χ0) is 21.9. The fourth-order valence-electron chi connectivity index (χ4n) is 3.50. The molecule has 2 aromatic rings. The Labute approximate surface area is 189 Å². The maximum absolute atomic E-state index is 5.98. The van der Waals surface area contributed by atoms with Crippen LogP contribution < -0.4 is 20.3 Å². The van der Waals surface area contributed by atoms with E-state index in [0.29, 0.717) is 19.8 Å². The molecule has 0 unspecified atom stereocenters. The zero-order valence-corrected chi connectivity index (χ0v) is 19.8. The number of guanidine groups is 1. The predicted octanol–water partition coefficient (Wildman–Crippen LogP) is 3.37. The number of hydrogen-bond acceptors (Lipinski definition) is 6. The van der Waals surface area contributed by atoms with Gasteiger partial charge in [-0.25, -0.2) is 4.98 Å². The average molecular weight is 446 g/mol. The summed E-state index contributed by atoms with van der Waals surface area (Å²) in [6, 6.07) is 6.30. The van der Waals surface area contributed by atoms with Crippen molar-refractivity contribution in [3.63, 3.8) is 0 Å². The van der Waals surface area contributed by atoms with Crippen molar-refractivity contribution >= 4 is 22.4 Å². The molecule has 1 aromatic heterocycles. The summed E-state index contributed by atoms with van der Waals surface area (Å²) < 4.78 is 11.1. The minimum atomic E-state index is 0.643. The first kappa shape index (κ1) is 23.3. The van der Waals surface area contributed by atoms with Crippen LogP contribution in [0.2, 0.25) is 0 Å². The normalized spacial score (nSPS) is 14.2. The van der Waals surface area contributed by atoms with E-state index in [0.717, 1.165) is 60.6 Å². The minimum Gasteiger partial charge on any atom is -0.493 e. The van der Waals surface area contributed by atoms with E-state index in [-0.39, 0.29) is 0 Å². The van der Waals surface area contributed by atoms with Gasteiger partial charge in [-0.1, -0.05) is 12.1 Å². The van der Waals surface area contributed by atoms with Crippen molar-refractivity contribution in [3.8, 4) is 5.75 Å². The molecule has 1 saturated heterocycles. The van der Waals surface area contributed by atoms with Crippen LogP contribution in [0.3, 0.4) is 0 Å². The van der Waals surface area contributed by atoms with Crippen LogP contribution >= 0.6 is 11.3 Å². The Kier molecular flexibility index (Phi) is 9.42. The minimum absolute atomic E-state index is 0.643. The molecule has 2 heterocycles. The van der Waals surface area contributed by atoms with E-state index in [1.54, 1.807) is 25.5 Å². The van der Waals surface area contributed by atoms with Gasteiger partial charge in [-0.3, -0.25) is 4.99 Å². The highest BCUT2D eigenvalue weighted by Crippen LogP contribution is 2.24. The highest BCUT2D eigenvalue weighted by Gasteiger charge is 2.15. The Morgan fingerprint density at radius 3 is 2.84 bits per heavy atom. The first-order chi connectivity index (χ1) is 15.2. The second-order valence-electron chi connectivity index (χ2n) is 7.72. The lowest BCUT2D eigenvalue weighted by molar-refractivity contribution is 0.172. The summed E-state index contributed by atoms with van der Waals surface area (Å²) in [4.78, 5) is 11.5. The van der Waals surface area contributed by atoms with Gasteiger partial charge in [-0.05, 0) is 31.4 Å². The van der Waals surface area contributed by atoms with Crippen molar-refractivity contribution in [2.75, 3.05) is 51.9 Å². The van der Waals surface area contributed by atoms with Crippen molar-refractivity contribution < 1.29 is 9.47 Å². The number of anilines is 1. The fraction of sp³-hybridized carbons (Fsp3) is 0.565. The van der Waals surface area contributed by atoms with Gasteiger partial charge in [0.05, 0.1) is 12.3 Å². The molecule has 1 fully saturated rings. The number of methoxy groups -OCH3 is 1. The Morgan fingerprint density at radius 2 is 2.06 bits per heavy atom. The lowest BCUT2D eigenvalue weighted by atomic mass is 10.1. The number of aliphatic imine (C=N–C) groups is 1. The summed E-state index contributed by atoms with van der Waals surface area (Å²) in [6.07, 6.45) is 4.30. The van der Waals surface area contributed by atoms with Crippen molar-refractivity contribution in [2.24, 2.45) is 4.99 Å². The van der Waals surface area contributed by atoms with Gasteiger partial charge >= 0.3 is 0 Å². The Morgan fingerprint density at radius 1 is 1.23 bits per heavy atom. The molecular formula is C23H35N5O2S. The first-order valence-corrected chi connectivity index (χ1v) is 11.9. The predicted molar refractivity (Wildman–Crippen MR) is 129 cm³/mol. The second-order valence-corrected chi connectivity index (χ2v) is 8.56. The maximum atomic E-state index is 5.98. The van der Waals surface area contributed by atoms with Crippen molar-refractivity contribution in [1.82, 2.24) is 15.6 Å². The second kappa shape index (κ2) is 12.5. The van der Waals surface area contributed by atoms with E-state index in [4.69, 9.17) is 14.5 Å². The number of hydrogen-bond donors (Lipinski definition) is 2. The van der Waals surface area contributed by atoms with Crippen LogP contribution in [-0.2, 0) is 17.7 Å². The van der Waals surface area contributed by atoms with Crippen molar-refractivity contribution in [1.29, 1.82) is 0 Å². The van der Waals surface area contributed by atoms with Crippen LogP contribution in [0.4, 0.5) is 5.13 Å². The molecular weight excluding hydrogens is 410 g/mol. The van der Waals surface area contributed by atoms with Gasteiger partial charge in [0.2, 0.25) is 0 Å². The third-order valence-corrected chi connectivity index (χ3v) is 6.18. The standard InChI is InChI=1S/C23H35N5O2S/c1-18-7-8-19(21(15-18)30-14-6-13-29-3)16-26-22(24-2)25-10-9-20-17-31-23(27-20)28-11-4-5-12-28/h7-8,15,17H,4-6,9-14,16H2,1-3H3,(H2,24,25,26). The third kappa shape index (κ3) is 7.40. The van der Waals surface area contributed by atoms with Gasteiger partial charge in [0.15, 0.2) is 11.1 Å². The molecule has 1 aromatic carbocycles. The first-order valence-electron chi connectivity index (χ1n) is 11.0. The summed E-state index contributed by atoms with van der Waals surface area (Å²) in [6.45, 7) is 7.14. The van der Waals surface area contributed by atoms with Crippen molar-refractivity contribution in [3.05, 3.63) is 40.4 Å². The van der Waals surface area contributed by atoms with Crippen LogP contribution in [0.5, 0.6) is 5.75 Å². The highest BCUT2D eigenvalue weighted by molar-refractivity contribution is 7.13. The topological polar surface area (TPSA) is 71.0 Å². The molecule has 1 aliphatic rings. The molecule has 8 heteroatoms. The Bertz CT molecular complexity index is 833. The molecule has 0 bridgehead atoms. The number of nitrogens with one attached hydrogen (secondary N) is 2. The summed E-state index contributed by atoms with van der Waals surface area (Å²) >= 11 is 1.75. The van der Waals surface area contributed by atoms with Crippen LogP contribution in [0, 0.1) is 6.92 Å². The molecule has 0 amide bonds. The quantitative estimate of drug-likeness (QED) is 0.314. The molecule has 3 rings (SSSR count). The molecule has 31 heavy (non-hydrogen) atoms. The van der Waals surface area contributed by atoms with E-state index in [1.807, 2.05) is 0 Å². The molecule has 0 saturated carbocycles. The highest BCUT2D eigenvalue weighted by atomic mass is 32.1. The fourth-order valence-corrected chi connectivity index (χ4v) is 4.41. The van der Waals surface area contributed by atoms with Crippen molar-refractivity contribution in [2.45, 2.75) is 39.2 Å². The summed E-state index contributed by atoms with van der Waals surface area (Å²) in [7, 11) is 3.50. The molecule has 7 nitrogen and oxygen atoms in total. The molecule has 2 N–H and O–H groups in total. The van der Waals surface area contributed by atoms with Gasteiger partial charge in [0.1, 0.15) is 5.75 Å². The molecule has 0 aliphatic carbocycles. The number of thiazole rings is 1. The lowest BCUT2D eigenvalue weighted by Crippen LogP contribution is -2.38. The van der Waals surface area contributed by atoms with Gasteiger partial charge in [-0.2, -0.15) is 0 Å². The summed E-state index contributed by atoms with van der Waals surface area (Å²) in [5, 5.41) is 10.1. The van der Waals surface area contributed by atoms with Gasteiger partial charge in [-0.15, -0.1) is 11.3 Å². The maximum Gasteiger partial charge on any atom is 0.191 e. The van der Waals surface area contributed by atoms with Crippen LogP contribution in [-0.4, -0.2) is 57.9 Å². The van der Waals surface area contributed by atoms with E-state index in [1.165, 1.54) is 18.4 Å². The number of aromatic nitrogens is 1. The number of nitrogens with zero attached hydrogens (tertiary/aromatic N) is 3. The van der Waals surface area contributed by atoms with Crippen LogP contribution in [0.1, 0.15) is 36.1 Å². The van der Waals surface area contributed by atoms with Gasteiger partial charge in [0.25, 0.3) is 0 Å². The van der Waals surface area contributed by atoms with E-state index >= 15 is 0 Å². The molecule has 0 atom stereocenters. The lowest BCUT2D eigenvalue weighted by Gasteiger charge is -2.15. The van der Waals surface area contributed by atoms with Gasteiger partial charge < -0.3 is 25.0 Å². The van der Waals surface area contributed by atoms with Gasteiger partial charge in [0, 0.05) is 70.7 Å². The summed E-state index contributed by atoms with van der Waals surface area (Å²) in [5.41, 5.74) is 3.44. The number of benzene rings is 1. The summed E-state index contributed by atoms with van der Waals surface area (Å²) in [5.74, 6) is 1.69. The number of ether oxygens (including phenoxy) is 2. The number of rotatable bonds is 11. The largest absolute Gasteiger partial charge is 0.493 e. The Balaban J connectivity index is 1.45. The molecule has 170 valence electrons. The van der Waals surface area contributed by atoms with Crippen LogP contribution in [0.15, 0.2) is 28.6 Å². The molecule has 0 radical (unpaired) electrons. The zero-order valence-electron chi connectivity index (χ0n) is 18.9. The van der Waals surface area contributed by atoms with Crippen LogP contribution in [0.25, 0.3) is 0 Å². The third-order valence-electron chi connectivity index (χ3n) is 5.23. The van der Waals surface area contributed by atoms with E-state index < -0.39 is 0 Å². The monoisotopic (exact) mass is 445 g/mol. The SMILES string of the molecule is CN=C(NCCc1csc(N2CCCC2)n1)NCc1ccc(C)cc1OCCCOC.